The minimum Gasteiger partial charge on any atom is -0.508 e. The maximum absolute atomic E-state index is 10.7. The van der Waals surface area contributed by atoms with E-state index >= 15 is 0 Å². The van der Waals surface area contributed by atoms with E-state index in [1.807, 2.05) is 0 Å². The molecule has 0 bridgehead atoms. The molecule has 0 radical (unpaired) electrons. The molecule has 1 aromatic rings. The van der Waals surface area contributed by atoms with Gasteiger partial charge in [0.05, 0.1) is 18.1 Å². The molecule has 1 unspecified atom stereocenters. The van der Waals surface area contributed by atoms with Crippen molar-refractivity contribution in [1.29, 1.82) is 0 Å². The predicted molar refractivity (Wildman–Crippen MR) is 60.2 cm³/mol. The summed E-state index contributed by atoms with van der Waals surface area (Å²) in [5.74, 6) is -1.22. The molecular formula is C11H13ClO4. The van der Waals surface area contributed by atoms with Gasteiger partial charge in [0, 0.05) is 5.56 Å². The number of carboxylic acid groups (broad SMARTS) is 1. The van der Waals surface area contributed by atoms with Gasteiger partial charge in [0.2, 0.25) is 0 Å². The van der Waals surface area contributed by atoms with Crippen LogP contribution in [0.2, 0.25) is 5.02 Å². The molecule has 4 nitrogen and oxygen atoms in total. The molecule has 0 amide bonds. The number of carbonyl (C=O) groups is 1. The van der Waals surface area contributed by atoms with Gasteiger partial charge in [-0.1, -0.05) is 18.5 Å². The standard InChI is InChI=1S/C11H13ClO4/c1-6(11(14)15)5-7-9(13)4-3-8(12)10(7)16-2/h3-4,6,13H,5H2,1-2H3,(H,14,15). The Morgan fingerprint density at radius 2 is 2.19 bits per heavy atom. The number of phenolic OH excluding ortho intramolecular Hbond substituents is 1. The van der Waals surface area contributed by atoms with E-state index in [4.69, 9.17) is 21.4 Å². The van der Waals surface area contributed by atoms with Crippen molar-refractivity contribution in [2.24, 2.45) is 5.92 Å². The van der Waals surface area contributed by atoms with E-state index in [9.17, 15) is 9.90 Å². The molecule has 5 heteroatoms. The van der Waals surface area contributed by atoms with E-state index in [0.717, 1.165) is 0 Å². The number of benzene rings is 1. The lowest BCUT2D eigenvalue weighted by molar-refractivity contribution is -0.141. The van der Waals surface area contributed by atoms with Crippen molar-refractivity contribution < 1.29 is 19.7 Å². The van der Waals surface area contributed by atoms with E-state index in [-0.39, 0.29) is 12.2 Å². The summed E-state index contributed by atoms with van der Waals surface area (Å²) in [7, 11) is 1.43. The summed E-state index contributed by atoms with van der Waals surface area (Å²) in [6.07, 6.45) is 0.172. The van der Waals surface area contributed by atoms with Crippen LogP contribution in [0.5, 0.6) is 11.5 Å². The average Bonchev–Trinajstić information content (AvgIpc) is 2.23. The Morgan fingerprint density at radius 1 is 1.56 bits per heavy atom. The zero-order valence-corrected chi connectivity index (χ0v) is 9.78. The molecule has 0 spiro atoms. The van der Waals surface area contributed by atoms with Gasteiger partial charge in [0.25, 0.3) is 0 Å². The second-order valence-electron chi connectivity index (χ2n) is 3.52. The van der Waals surface area contributed by atoms with E-state index in [1.165, 1.54) is 19.2 Å². The fraction of sp³-hybridized carbons (Fsp3) is 0.364. The molecule has 1 aromatic carbocycles. The van der Waals surface area contributed by atoms with Gasteiger partial charge in [-0.3, -0.25) is 4.79 Å². The first-order chi connectivity index (χ1) is 7.47. The van der Waals surface area contributed by atoms with E-state index in [1.54, 1.807) is 6.92 Å². The summed E-state index contributed by atoms with van der Waals surface area (Å²) in [5.41, 5.74) is 0.421. The molecule has 1 atom stereocenters. The predicted octanol–water partition coefficient (Wildman–Crippen LogP) is 2.32. The van der Waals surface area contributed by atoms with E-state index in [0.29, 0.717) is 16.3 Å². The maximum Gasteiger partial charge on any atom is 0.306 e. The first-order valence-corrected chi connectivity index (χ1v) is 5.12. The van der Waals surface area contributed by atoms with Gasteiger partial charge in [-0.05, 0) is 18.6 Å². The van der Waals surface area contributed by atoms with Crippen molar-refractivity contribution in [3.05, 3.63) is 22.7 Å². The molecular weight excluding hydrogens is 232 g/mol. The minimum atomic E-state index is -0.929. The lowest BCUT2D eigenvalue weighted by Gasteiger charge is -2.13. The molecule has 0 saturated heterocycles. The Hall–Kier alpha value is -1.42. The Balaban J connectivity index is 3.11. The molecule has 16 heavy (non-hydrogen) atoms. The number of hydrogen-bond acceptors (Lipinski definition) is 3. The highest BCUT2D eigenvalue weighted by atomic mass is 35.5. The zero-order valence-electron chi connectivity index (χ0n) is 9.03. The van der Waals surface area contributed by atoms with Gasteiger partial charge < -0.3 is 14.9 Å². The number of carboxylic acids is 1. The third kappa shape index (κ3) is 2.58. The number of phenols is 1. The second-order valence-corrected chi connectivity index (χ2v) is 3.93. The largest absolute Gasteiger partial charge is 0.508 e. The van der Waals surface area contributed by atoms with Crippen molar-refractivity contribution >= 4 is 17.6 Å². The van der Waals surface area contributed by atoms with Gasteiger partial charge in [-0.25, -0.2) is 0 Å². The SMILES string of the molecule is COc1c(Cl)ccc(O)c1CC(C)C(=O)O. The van der Waals surface area contributed by atoms with Crippen LogP contribution in [0.3, 0.4) is 0 Å². The van der Waals surface area contributed by atoms with Gasteiger partial charge in [-0.15, -0.1) is 0 Å². The zero-order chi connectivity index (χ0) is 12.3. The fourth-order valence-corrected chi connectivity index (χ4v) is 1.65. The van der Waals surface area contributed by atoms with Crippen LogP contribution in [-0.4, -0.2) is 23.3 Å². The molecule has 1 rings (SSSR count). The summed E-state index contributed by atoms with van der Waals surface area (Å²) in [6.45, 7) is 1.56. The third-order valence-electron chi connectivity index (χ3n) is 2.32. The van der Waals surface area contributed by atoms with Crippen LogP contribution in [0, 0.1) is 5.92 Å². The van der Waals surface area contributed by atoms with Gasteiger partial charge >= 0.3 is 5.97 Å². The average molecular weight is 245 g/mol. The molecule has 0 aliphatic heterocycles. The van der Waals surface area contributed by atoms with Crippen LogP contribution >= 0.6 is 11.6 Å². The van der Waals surface area contributed by atoms with E-state index < -0.39 is 11.9 Å². The summed E-state index contributed by atoms with van der Waals surface area (Å²) in [6, 6.07) is 2.93. The van der Waals surface area contributed by atoms with E-state index in [2.05, 4.69) is 0 Å². The Bertz CT molecular complexity index is 403. The van der Waals surface area contributed by atoms with Gasteiger partial charge in [0.1, 0.15) is 11.5 Å². The summed E-state index contributed by atoms with van der Waals surface area (Å²) < 4.78 is 5.05. The van der Waals surface area contributed by atoms with Crippen LogP contribution in [0.1, 0.15) is 12.5 Å². The molecule has 0 fully saturated rings. The lowest BCUT2D eigenvalue weighted by atomic mass is 9.99. The number of rotatable bonds is 4. The number of ether oxygens (including phenoxy) is 1. The molecule has 88 valence electrons. The Morgan fingerprint density at radius 3 is 2.69 bits per heavy atom. The molecule has 0 aliphatic carbocycles. The first kappa shape index (κ1) is 12.6. The van der Waals surface area contributed by atoms with Crippen molar-refractivity contribution in [3.63, 3.8) is 0 Å². The highest BCUT2D eigenvalue weighted by molar-refractivity contribution is 6.32. The maximum atomic E-state index is 10.7. The monoisotopic (exact) mass is 244 g/mol. The second kappa shape index (κ2) is 5.07. The smallest absolute Gasteiger partial charge is 0.306 e. The van der Waals surface area contributed by atoms with Gasteiger partial charge in [-0.2, -0.15) is 0 Å². The van der Waals surface area contributed by atoms with Crippen LogP contribution in [0.15, 0.2) is 12.1 Å². The third-order valence-corrected chi connectivity index (χ3v) is 2.62. The normalized spacial score (nSPS) is 12.2. The van der Waals surface area contributed by atoms with Gasteiger partial charge in [0.15, 0.2) is 0 Å². The number of hydrogen-bond donors (Lipinski definition) is 2. The highest BCUT2D eigenvalue weighted by Crippen LogP contribution is 2.36. The number of halogens is 1. The quantitative estimate of drug-likeness (QED) is 0.853. The van der Waals surface area contributed by atoms with Crippen LogP contribution in [0.25, 0.3) is 0 Å². The van der Waals surface area contributed by atoms with Crippen molar-refractivity contribution in [2.45, 2.75) is 13.3 Å². The summed E-state index contributed by atoms with van der Waals surface area (Å²) in [4.78, 5) is 10.7. The molecule has 0 heterocycles. The minimum absolute atomic E-state index is 0.00523. The van der Waals surface area contributed by atoms with Crippen LogP contribution in [-0.2, 0) is 11.2 Å². The number of aromatic hydroxyl groups is 1. The molecule has 0 aliphatic rings. The highest BCUT2D eigenvalue weighted by Gasteiger charge is 2.19. The van der Waals surface area contributed by atoms with Crippen LogP contribution in [0.4, 0.5) is 0 Å². The molecule has 0 aromatic heterocycles. The van der Waals surface area contributed by atoms with Crippen molar-refractivity contribution in [2.75, 3.05) is 7.11 Å². The summed E-state index contributed by atoms with van der Waals surface area (Å²) in [5, 5.41) is 18.8. The number of aliphatic carboxylic acids is 1. The van der Waals surface area contributed by atoms with Crippen LogP contribution < -0.4 is 4.74 Å². The molecule has 0 saturated carbocycles. The number of methoxy groups -OCH3 is 1. The fourth-order valence-electron chi connectivity index (χ4n) is 1.40. The first-order valence-electron chi connectivity index (χ1n) is 4.74. The Kier molecular flexibility index (Phi) is 4.01. The Labute approximate surface area is 98.4 Å². The van der Waals surface area contributed by atoms with Crippen molar-refractivity contribution in [1.82, 2.24) is 0 Å². The topological polar surface area (TPSA) is 66.8 Å². The lowest BCUT2D eigenvalue weighted by Crippen LogP contribution is -2.13. The molecule has 2 N–H and O–H groups in total. The summed E-state index contributed by atoms with van der Waals surface area (Å²) >= 11 is 5.88. The van der Waals surface area contributed by atoms with Crippen molar-refractivity contribution in [3.8, 4) is 11.5 Å².